The van der Waals surface area contributed by atoms with Crippen LogP contribution in [0.25, 0.3) is 28.4 Å². The van der Waals surface area contributed by atoms with Crippen LogP contribution in [0, 0.1) is 0 Å². The molecule has 44 heavy (non-hydrogen) atoms. The van der Waals surface area contributed by atoms with E-state index in [0.717, 1.165) is 6.08 Å². The summed E-state index contributed by atoms with van der Waals surface area (Å²) < 4.78 is 57.6. The Balaban J connectivity index is 1.37. The third-order valence-corrected chi connectivity index (χ3v) is 7.19. The number of nitrogens with one attached hydrogen (secondary N) is 2. The number of allylic oxidation sites excluding steroid dienone is 1. The molecule has 1 saturated heterocycles. The second kappa shape index (κ2) is 12.3. The third kappa shape index (κ3) is 6.93. The van der Waals surface area contributed by atoms with Gasteiger partial charge in [-0.1, -0.05) is 6.08 Å². The first kappa shape index (κ1) is 30.4. The number of likely N-dealkylation sites (tertiary alicyclic amines) is 1. The average Bonchev–Trinajstić information content (AvgIpc) is 3.42. The van der Waals surface area contributed by atoms with Crippen molar-refractivity contribution >= 4 is 34.7 Å². The molecule has 0 unspecified atom stereocenters. The van der Waals surface area contributed by atoms with E-state index >= 15 is 8.78 Å². The molecule has 4 N–H and O–H groups in total. The summed E-state index contributed by atoms with van der Waals surface area (Å²) in [7, 11) is 0. The summed E-state index contributed by atoms with van der Waals surface area (Å²) >= 11 is 0. The topological polar surface area (TPSA) is 130 Å². The third-order valence-electron chi connectivity index (χ3n) is 7.19. The van der Waals surface area contributed by atoms with Crippen LogP contribution in [0.3, 0.4) is 0 Å². The van der Waals surface area contributed by atoms with E-state index in [1.54, 1.807) is 24.3 Å². The summed E-state index contributed by atoms with van der Waals surface area (Å²) in [6.07, 6.45) is 5.35. The van der Waals surface area contributed by atoms with Gasteiger partial charge >= 0.3 is 0 Å². The minimum absolute atomic E-state index is 0.0297. The first-order valence-electron chi connectivity index (χ1n) is 13.8. The van der Waals surface area contributed by atoms with Gasteiger partial charge in [-0.2, -0.15) is 0 Å². The number of carbonyl (C=O) groups is 2. The molecule has 1 aliphatic heterocycles. The number of alkyl halides is 4. The van der Waals surface area contributed by atoms with Crippen LogP contribution in [0.2, 0.25) is 0 Å². The number of aromatic amines is 1. The van der Waals surface area contributed by atoms with E-state index in [4.69, 9.17) is 5.73 Å². The van der Waals surface area contributed by atoms with Crippen molar-refractivity contribution in [3.8, 4) is 11.3 Å². The van der Waals surface area contributed by atoms with Crippen molar-refractivity contribution in [2.45, 2.75) is 37.7 Å². The number of amides is 2. The van der Waals surface area contributed by atoms with E-state index in [9.17, 15) is 18.4 Å². The zero-order valence-corrected chi connectivity index (χ0v) is 23.5. The molecule has 228 valence electrons. The lowest BCUT2D eigenvalue weighted by Crippen LogP contribution is -2.42. The number of fused-ring (bicyclic) bond motifs is 1. The number of piperidine rings is 1. The van der Waals surface area contributed by atoms with Gasteiger partial charge in [0.15, 0.2) is 0 Å². The number of nitrogens with zero attached hydrogens (tertiary/aromatic N) is 4. The Hall–Kier alpha value is -5.07. The van der Waals surface area contributed by atoms with Crippen molar-refractivity contribution in [3.63, 3.8) is 0 Å². The molecular weight excluding hydrogens is 578 g/mol. The fraction of sp³-hybridized carbons (Fsp3) is 0.258. The zero-order chi connectivity index (χ0) is 31.5. The Morgan fingerprint density at radius 3 is 2.55 bits per heavy atom. The molecule has 13 heteroatoms. The van der Waals surface area contributed by atoms with Crippen LogP contribution in [0.15, 0.2) is 67.5 Å². The van der Waals surface area contributed by atoms with E-state index in [1.165, 1.54) is 41.6 Å². The van der Waals surface area contributed by atoms with Crippen LogP contribution >= 0.6 is 0 Å². The highest BCUT2D eigenvalue weighted by Crippen LogP contribution is 2.38. The summed E-state index contributed by atoms with van der Waals surface area (Å²) in [4.78, 5) is 42.1. The lowest BCUT2D eigenvalue weighted by Gasteiger charge is -2.31. The number of nitrogen functional groups attached to an aromatic ring is 1. The minimum atomic E-state index is -3.31. The number of hydrogen-bond donors (Lipinski definition) is 3. The maximum absolute atomic E-state index is 15.3. The molecule has 0 bridgehead atoms. The lowest BCUT2D eigenvalue weighted by molar-refractivity contribution is -0.116. The molecule has 2 amide bonds. The van der Waals surface area contributed by atoms with Crippen LogP contribution in [-0.4, -0.2) is 55.7 Å². The zero-order valence-electron chi connectivity index (χ0n) is 23.5. The molecule has 5 rings (SSSR count). The fourth-order valence-corrected chi connectivity index (χ4v) is 4.80. The van der Waals surface area contributed by atoms with Gasteiger partial charge in [0.25, 0.3) is 17.8 Å². The number of hydrogen-bond acceptors (Lipinski definition) is 6. The maximum Gasteiger partial charge on any atom is 0.278 e. The van der Waals surface area contributed by atoms with Gasteiger partial charge in [0.2, 0.25) is 5.91 Å². The second-order valence-electron chi connectivity index (χ2n) is 10.4. The predicted octanol–water partition coefficient (Wildman–Crippen LogP) is 5.47. The highest BCUT2D eigenvalue weighted by atomic mass is 19.3. The summed E-state index contributed by atoms with van der Waals surface area (Å²) in [5.41, 5.74) is 7.06. The van der Waals surface area contributed by atoms with Gasteiger partial charge in [-0.05, 0) is 48.0 Å². The molecule has 4 aromatic rings. The monoisotopic (exact) mass is 607 g/mol. The van der Waals surface area contributed by atoms with Gasteiger partial charge in [-0.25, -0.2) is 27.5 Å². The Morgan fingerprint density at radius 2 is 1.89 bits per heavy atom. The molecule has 0 saturated carbocycles. The number of pyridine rings is 2. The number of H-pyrrole nitrogens is 1. The second-order valence-corrected chi connectivity index (χ2v) is 10.4. The molecule has 1 aromatic carbocycles. The van der Waals surface area contributed by atoms with Crippen LogP contribution in [0.5, 0.6) is 0 Å². The van der Waals surface area contributed by atoms with Gasteiger partial charge in [0.1, 0.15) is 11.6 Å². The van der Waals surface area contributed by atoms with Crippen molar-refractivity contribution in [1.29, 1.82) is 0 Å². The number of imidazole rings is 1. The van der Waals surface area contributed by atoms with E-state index in [2.05, 4.69) is 31.8 Å². The smallest absolute Gasteiger partial charge is 0.278 e. The summed E-state index contributed by atoms with van der Waals surface area (Å²) in [6.45, 7) is 3.25. The molecule has 4 heterocycles. The summed E-state index contributed by atoms with van der Waals surface area (Å²) in [6, 6.07) is 9.20. The van der Waals surface area contributed by atoms with Gasteiger partial charge in [0.05, 0.1) is 28.8 Å². The van der Waals surface area contributed by atoms with Crippen LogP contribution in [-0.2, 0) is 17.3 Å². The van der Waals surface area contributed by atoms with Crippen LogP contribution in [0.1, 0.15) is 46.6 Å². The van der Waals surface area contributed by atoms with Crippen molar-refractivity contribution in [2.75, 3.05) is 18.8 Å². The molecule has 0 atom stereocenters. The SMILES string of the molecule is C=CCC(F)(F)c1cc(-c2ccc(C(=O)N3CCC(F)(F)CC3)cn2)cc2[nH]c(CNC(=O)/C=C/c3ccc(N)nc3)nc12. The number of aromatic nitrogens is 4. The first-order chi connectivity index (χ1) is 20.9. The van der Waals surface area contributed by atoms with Gasteiger partial charge < -0.3 is 20.9 Å². The molecule has 9 nitrogen and oxygen atoms in total. The van der Waals surface area contributed by atoms with E-state index in [-0.39, 0.29) is 42.1 Å². The minimum Gasteiger partial charge on any atom is -0.384 e. The number of rotatable bonds is 9. The Bertz CT molecular complexity index is 1710. The molecule has 0 aliphatic carbocycles. The quantitative estimate of drug-likeness (QED) is 0.131. The largest absolute Gasteiger partial charge is 0.384 e. The van der Waals surface area contributed by atoms with Crippen molar-refractivity contribution < 1.29 is 27.2 Å². The average molecular weight is 608 g/mol. The van der Waals surface area contributed by atoms with E-state index in [0.29, 0.717) is 28.2 Å². The number of carbonyl (C=O) groups excluding carboxylic acids is 2. The molecule has 0 radical (unpaired) electrons. The highest BCUT2D eigenvalue weighted by molar-refractivity contribution is 5.94. The van der Waals surface area contributed by atoms with Crippen LogP contribution in [0.4, 0.5) is 23.4 Å². The molecule has 1 fully saturated rings. The van der Waals surface area contributed by atoms with E-state index in [1.807, 2.05) is 0 Å². The predicted molar refractivity (Wildman–Crippen MR) is 158 cm³/mol. The van der Waals surface area contributed by atoms with Crippen molar-refractivity contribution in [2.24, 2.45) is 0 Å². The number of anilines is 1. The van der Waals surface area contributed by atoms with Crippen LogP contribution < -0.4 is 11.1 Å². The molecule has 1 aliphatic rings. The first-order valence-corrected chi connectivity index (χ1v) is 13.8. The van der Waals surface area contributed by atoms with Gasteiger partial charge in [-0.3, -0.25) is 14.6 Å². The van der Waals surface area contributed by atoms with Gasteiger partial charge in [0, 0.05) is 61.9 Å². The standard InChI is InChI=1S/C31H29F4N7O2/c1-2-9-31(34,35)22-14-21(23-6-5-20(17-37-23)29(44)42-12-10-30(32,33)11-13-42)15-24-28(22)41-26(40-24)18-39-27(43)8-4-19-3-7-25(36)38-16-19/h2-8,14-17H,1,9-13,18H2,(H2,36,38)(H,39,43)(H,40,41)/b8-4+. The Kier molecular flexibility index (Phi) is 8.47. The Morgan fingerprint density at radius 1 is 1.11 bits per heavy atom. The van der Waals surface area contributed by atoms with Crippen molar-refractivity contribution in [1.82, 2.24) is 30.2 Å². The van der Waals surface area contributed by atoms with Gasteiger partial charge in [-0.15, -0.1) is 6.58 Å². The maximum atomic E-state index is 15.3. The van der Waals surface area contributed by atoms with Crippen molar-refractivity contribution in [3.05, 3.63) is 90.0 Å². The number of nitrogens with two attached hydrogens (primary N) is 1. The molecule has 3 aromatic heterocycles. The normalized spacial score (nSPS) is 15.0. The molecule has 0 spiro atoms. The fourth-order valence-electron chi connectivity index (χ4n) is 4.80. The number of benzene rings is 1. The summed E-state index contributed by atoms with van der Waals surface area (Å²) in [5, 5.41) is 2.66. The van der Waals surface area contributed by atoms with E-state index < -0.39 is 42.9 Å². The Labute approximate surface area is 249 Å². The number of halogens is 4. The summed E-state index contributed by atoms with van der Waals surface area (Å²) in [5.74, 6) is -6.34. The lowest BCUT2D eigenvalue weighted by atomic mass is 9.99. The highest BCUT2D eigenvalue weighted by Gasteiger charge is 2.36. The molecular formula is C31H29F4N7O2.